The van der Waals surface area contributed by atoms with Gasteiger partial charge in [-0.2, -0.15) is 0 Å². The third kappa shape index (κ3) is 4.65. The van der Waals surface area contributed by atoms with Crippen LogP contribution in [0.15, 0.2) is 72.0 Å². The Hall–Kier alpha value is -2.44. The van der Waals surface area contributed by atoms with Crippen LogP contribution in [-0.4, -0.2) is 41.7 Å². The number of piperidine rings is 1. The summed E-state index contributed by atoms with van der Waals surface area (Å²) in [4.78, 5) is 6.78. The van der Waals surface area contributed by atoms with Gasteiger partial charge in [0.1, 0.15) is 0 Å². The number of nitrogens with zero attached hydrogens (tertiary/aromatic N) is 3. The van der Waals surface area contributed by atoms with Crippen LogP contribution in [0.4, 0.5) is 0 Å². The van der Waals surface area contributed by atoms with Crippen LogP contribution >= 0.6 is 0 Å². The number of likely N-dealkylation sites (tertiary alicyclic amines) is 1. The molecule has 5 nitrogen and oxygen atoms in total. The Bertz CT molecular complexity index is 1060. The standard InChI is InChI=1S/C24H29N3O2S/c1-2-30(28,29)24-25-16-23(27(24)17-20-10-5-3-6-11-20)19-26-15-9-14-22(18-26)21-12-7-4-8-13-21/h3-8,10-13,16,22H,2,9,14-15,17-19H2,1H3. The maximum absolute atomic E-state index is 12.7. The largest absolute Gasteiger partial charge is 0.313 e. The van der Waals surface area contributed by atoms with Crippen molar-refractivity contribution in [3.8, 4) is 0 Å². The summed E-state index contributed by atoms with van der Waals surface area (Å²) in [5.41, 5.74) is 3.42. The van der Waals surface area contributed by atoms with E-state index in [1.54, 1.807) is 13.1 Å². The van der Waals surface area contributed by atoms with Crippen molar-refractivity contribution >= 4 is 9.84 Å². The van der Waals surface area contributed by atoms with Crippen molar-refractivity contribution in [1.29, 1.82) is 0 Å². The van der Waals surface area contributed by atoms with Crippen molar-refractivity contribution in [3.63, 3.8) is 0 Å². The van der Waals surface area contributed by atoms with E-state index in [2.05, 4.69) is 40.2 Å². The second-order valence-electron chi connectivity index (χ2n) is 7.99. The van der Waals surface area contributed by atoms with Crippen molar-refractivity contribution in [3.05, 3.63) is 83.7 Å². The molecule has 158 valence electrons. The molecule has 1 aliphatic rings. The number of sulfone groups is 1. The van der Waals surface area contributed by atoms with E-state index in [1.807, 2.05) is 34.9 Å². The molecule has 1 saturated heterocycles. The van der Waals surface area contributed by atoms with Gasteiger partial charge in [0.15, 0.2) is 0 Å². The van der Waals surface area contributed by atoms with Gasteiger partial charge in [0.25, 0.3) is 0 Å². The van der Waals surface area contributed by atoms with Gasteiger partial charge in [0.2, 0.25) is 15.0 Å². The molecule has 2 aromatic carbocycles. The molecule has 0 radical (unpaired) electrons. The maximum Gasteiger partial charge on any atom is 0.228 e. The number of hydrogen-bond donors (Lipinski definition) is 0. The molecule has 4 rings (SSSR count). The van der Waals surface area contributed by atoms with E-state index in [1.165, 1.54) is 12.0 Å². The highest BCUT2D eigenvalue weighted by Crippen LogP contribution is 2.28. The summed E-state index contributed by atoms with van der Waals surface area (Å²) in [5, 5.41) is 0.181. The number of imidazole rings is 1. The van der Waals surface area contributed by atoms with Crippen LogP contribution in [0.3, 0.4) is 0 Å². The molecule has 30 heavy (non-hydrogen) atoms. The molecule has 0 spiro atoms. The molecular weight excluding hydrogens is 394 g/mol. The lowest BCUT2D eigenvalue weighted by atomic mass is 9.90. The van der Waals surface area contributed by atoms with Crippen molar-refractivity contribution in [2.24, 2.45) is 0 Å². The highest BCUT2D eigenvalue weighted by Gasteiger charge is 2.25. The normalized spacial score (nSPS) is 17.8. The van der Waals surface area contributed by atoms with Gasteiger partial charge in [-0.25, -0.2) is 13.4 Å². The molecule has 1 aliphatic heterocycles. The molecule has 2 heterocycles. The van der Waals surface area contributed by atoms with E-state index in [9.17, 15) is 8.42 Å². The number of rotatable bonds is 7. The van der Waals surface area contributed by atoms with E-state index in [-0.39, 0.29) is 10.9 Å². The fourth-order valence-corrected chi connectivity index (χ4v) is 5.25. The average Bonchev–Trinajstić information content (AvgIpc) is 3.18. The van der Waals surface area contributed by atoms with E-state index in [0.717, 1.165) is 30.8 Å². The van der Waals surface area contributed by atoms with Gasteiger partial charge in [-0.05, 0) is 36.4 Å². The monoisotopic (exact) mass is 423 g/mol. The first-order valence-corrected chi connectivity index (χ1v) is 12.3. The Morgan fingerprint density at radius 3 is 2.40 bits per heavy atom. The summed E-state index contributed by atoms with van der Waals surface area (Å²) in [5.74, 6) is 0.571. The first kappa shape index (κ1) is 20.8. The Balaban J connectivity index is 1.59. The molecule has 0 bridgehead atoms. The molecule has 0 saturated carbocycles. The third-order valence-corrected chi connectivity index (χ3v) is 7.55. The van der Waals surface area contributed by atoms with Crippen molar-refractivity contribution in [1.82, 2.24) is 14.5 Å². The first-order chi connectivity index (χ1) is 14.6. The summed E-state index contributed by atoms with van der Waals surface area (Å²) >= 11 is 0. The Labute approximate surface area is 179 Å². The van der Waals surface area contributed by atoms with Crippen LogP contribution < -0.4 is 0 Å². The minimum absolute atomic E-state index is 0.0536. The van der Waals surface area contributed by atoms with Crippen LogP contribution in [0.2, 0.25) is 0 Å². The van der Waals surface area contributed by atoms with E-state index in [0.29, 0.717) is 19.0 Å². The van der Waals surface area contributed by atoms with Gasteiger partial charge >= 0.3 is 0 Å². The molecule has 3 aromatic rings. The minimum Gasteiger partial charge on any atom is -0.313 e. The van der Waals surface area contributed by atoms with Crippen LogP contribution in [-0.2, 0) is 22.9 Å². The van der Waals surface area contributed by atoms with E-state index >= 15 is 0 Å². The second kappa shape index (κ2) is 9.14. The van der Waals surface area contributed by atoms with Gasteiger partial charge in [-0.3, -0.25) is 4.90 Å². The molecule has 1 fully saturated rings. The zero-order chi connectivity index (χ0) is 21.0. The zero-order valence-electron chi connectivity index (χ0n) is 17.4. The van der Waals surface area contributed by atoms with Crippen LogP contribution in [0.1, 0.15) is 42.5 Å². The highest BCUT2D eigenvalue weighted by atomic mass is 32.2. The quantitative estimate of drug-likeness (QED) is 0.574. The molecular formula is C24H29N3O2S. The predicted molar refractivity (Wildman–Crippen MR) is 119 cm³/mol. The first-order valence-electron chi connectivity index (χ1n) is 10.6. The molecule has 1 aromatic heterocycles. The van der Waals surface area contributed by atoms with Gasteiger partial charge in [-0.1, -0.05) is 67.6 Å². The van der Waals surface area contributed by atoms with Crippen molar-refractivity contribution in [2.45, 2.75) is 43.9 Å². The van der Waals surface area contributed by atoms with E-state index < -0.39 is 9.84 Å². The lowest BCUT2D eigenvalue weighted by Crippen LogP contribution is -2.34. The summed E-state index contributed by atoms with van der Waals surface area (Å²) in [6.07, 6.45) is 4.09. The van der Waals surface area contributed by atoms with Crippen LogP contribution in [0, 0.1) is 0 Å². The zero-order valence-corrected chi connectivity index (χ0v) is 18.3. The van der Waals surface area contributed by atoms with E-state index in [4.69, 9.17) is 0 Å². The number of benzene rings is 2. The predicted octanol–water partition coefficient (Wildman–Crippen LogP) is 4.10. The van der Waals surface area contributed by atoms with Crippen molar-refractivity contribution < 1.29 is 8.42 Å². The molecule has 6 heteroatoms. The fourth-order valence-electron chi connectivity index (χ4n) is 4.26. The van der Waals surface area contributed by atoms with Gasteiger partial charge < -0.3 is 4.57 Å². The van der Waals surface area contributed by atoms with Gasteiger partial charge in [0.05, 0.1) is 24.2 Å². The Morgan fingerprint density at radius 2 is 1.70 bits per heavy atom. The molecule has 1 atom stereocenters. The minimum atomic E-state index is -3.39. The molecule has 0 amide bonds. The summed E-state index contributed by atoms with van der Waals surface area (Å²) < 4.78 is 27.2. The van der Waals surface area contributed by atoms with Crippen LogP contribution in [0.25, 0.3) is 0 Å². The molecule has 0 N–H and O–H groups in total. The number of hydrogen-bond acceptors (Lipinski definition) is 4. The average molecular weight is 424 g/mol. The Morgan fingerprint density at radius 1 is 1.00 bits per heavy atom. The van der Waals surface area contributed by atoms with Gasteiger partial charge in [0, 0.05) is 13.1 Å². The highest BCUT2D eigenvalue weighted by molar-refractivity contribution is 7.91. The van der Waals surface area contributed by atoms with Crippen molar-refractivity contribution in [2.75, 3.05) is 18.8 Å². The summed E-state index contributed by atoms with van der Waals surface area (Å²) in [7, 11) is -3.39. The summed E-state index contributed by atoms with van der Waals surface area (Å²) in [6.45, 7) is 4.90. The molecule has 0 aliphatic carbocycles. The topological polar surface area (TPSA) is 55.2 Å². The summed E-state index contributed by atoms with van der Waals surface area (Å²) in [6, 6.07) is 20.7. The molecule has 1 unspecified atom stereocenters. The lowest BCUT2D eigenvalue weighted by Gasteiger charge is -2.33. The lowest BCUT2D eigenvalue weighted by molar-refractivity contribution is 0.195. The number of aromatic nitrogens is 2. The van der Waals surface area contributed by atoms with Crippen LogP contribution in [0.5, 0.6) is 0 Å². The maximum atomic E-state index is 12.7. The second-order valence-corrected chi connectivity index (χ2v) is 10.2. The smallest absolute Gasteiger partial charge is 0.228 e. The SMILES string of the molecule is CCS(=O)(=O)c1ncc(CN2CCCC(c3ccccc3)C2)n1Cc1ccccc1. The fraction of sp³-hybridized carbons (Fsp3) is 0.375. The third-order valence-electron chi connectivity index (χ3n) is 5.91. The van der Waals surface area contributed by atoms with Gasteiger partial charge in [-0.15, -0.1) is 0 Å². The Kier molecular flexibility index (Phi) is 6.35.